The van der Waals surface area contributed by atoms with E-state index >= 15 is 0 Å². The highest BCUT2D eigenvalue weighted by Crippen LogP contribution is 2.67. The number of aliphatic hydroxyl groups excluding tert-OH is 1. The molecule has 6 unspecified atom stereocenters. The lowest BCUT2D eigenvalue weighted by molar-refractivity contribution is -0.252. The molecular formula is C18H28O3. The van der Waals surface area contributed by atoms with Gasteiger partial charge in [0.1, 0.15) is 5.60 Å². The van der Waals surface area contributed by atoms with E-state index < -0.39 is 5.60 Å². The molecule has 118 valence electrons. The number of rotatable bonds is 2. The van der Waals surface area contributed by atoms with Crippen molar-refractivity contribution in [2.45, 2.75) is 71.5 Å². The smallest absolute Gasteiger partial charge is 0.333 e. The Balaban J connectivity index is 2.02. The van der Waals surface area contributed by atoms with Crippen LogP contribution in [0.3, 0.4) is 0 Å². The number of hydrogen-bond acceptors (Lipinski definition) is 3. The predicted octanol–water partition coefficient (Wildman–Crippen LogP) is 3.46. The number of ether oxygens (including phenoxy) is 1. The first-order valence-corrected chi connectivity index (χ1v) is 8.18. The Morgan fingerprint density at radius 1 is 1.29 bits per heavy atom. The number of carbonyl (C=O) groups excluding carboxylic acids is 1. The van der Waals surface area contributed by atoms with E-state index in [9.17, 15) is 9.90 Å². The van der Waals surface area contributed by atoms with E-state index in [4.69, 9.17) is 4.74 Å². The van der Waals surface area contributed by atoms with Crippen LogP contribution in [-0.2, 0) is 9.53 Å². The fraction of sp³-hybridized carbons (Fsp3) is 0.833. The van der Waals surface area contributed by atoms with Gasteiger partial charge in [-0.05, 0) is 55.8 Å². The van der Waals surface area contributed by atoms with Gasteiger partial charge in [-0.3, -0.25) is 0 Å². The van der Waals surface area contributed by atoms with Gasteiger partial charge >= 0.3 is 5.97 Å². The fourth-order valence-electron chi connectivity index (χ4n) is 5.86. The highest BCUT2D eigenvalue weighted by Gasteiger charge is 2.66. The van der Waals surface area contributed by atoms with Gasteiger partial charge in [0.05, 0.1) is 6.10 Å². The molecule has 3 bridgehead atoms. The van der Waals surface area contributed by atoms with Crippen LogP contribution in [0, 0.1) is 22.7 Å². The minimum atomic E-state index is -0.520. The van der Waals surface area contributed by atoms with Crippen LogP contribution in [-0.4, -0.2) is 22.8 Å². The molecule has 21 heavy (non-hydrogen) atoms. The van der Waals surface area contributed by atoms with Crippen molar-refractivity contribution >= 4 is 5.97 Å². The second kappa shape index (κ2) is 4.34. The van der Waals surface area contributed by atoms with E-state index in [0.29, 0.717) is 11.5 Å². The quantitative estimate of drug-likeness (QED) is 0.626. The van der Waals surface area contributed by atoms with Crippen molar-refractivity contribution in [3.8, 4) is 0 Å². The molecule has 0 aromatic heterocycles. The van der Waals surface area contributed by atoms with Crippen LogP contribution in [0.2, 0.25) is 0 Å². The minimum absolute atomic E-state index is 0.00111. The van der Waals surface area contributed by atoms with Crippen LogP contribution in [0.25, 0.3) is 0 Å². The summed E-state index contributed by atoms with van der Waals surface area (Å²) >= 11 is 0. The van der Waals surface area contributed by atoms with E-state index in [1.807, 2.05) is 0 Å². The van der Waals surface area contributed by atoms with Crippen molar-refractivity contribution in [1.82, 2.24) is 0 Å². The summed E-state index contributed by atoms with van der Waals surface area (Å²) in [6.07, 6.45) is 4.76. The van der Waals surface area contributed by atoms with Gasteiger partial charge in [0.25, 0.3) is 0 Å². The first kappa shape index (κ1) is 15.1. The van der Waals surface area contributed by atoms with E-state index in [1.54, 1.807) is 6.92 Å². The molecule has 3 aliphatic carbocycles. The van der Waals surface area contributed by atoms with Crippen LogP contribution in [0.5, 0.6) is 0 Å². The summed E-state index contributed by atoms with van der Waals surface area (Å²) < 4.78 is 5.98. The summed E-state index contributed by atoms with van der Waals surface area (Å²) in [4.78, 5) is 12.2. The third-order valence-corrected chi connectivity index (χ3v) is 6.61. The molecule has 3 heteroatoms. The number of fused-ring (bicyclic) bond motifs is 2. The average Bonchev–Trinajstić information content (AvgIpc) is 2.33. The van der Waals surface area contributed by atoms with E-state index in [-0.39, 0.29) is 28.8 Å². The molecule has 0 aliphatic heterocycles. The Kier molecular flexibility index (Phi) is 3.12. The van der Waals surface area contributed by atoms with Crippen molar-refractivity contribution in [3.05, 3.63) is 12.2 Å². The highest BCUT2D eigenvalue weighted by molar-refractivity contribution is 5.87. The largest absolute Gasteiger partial charge is 0.455 e. The summed E-state index contributed by atoms with van der Waals surface area (Å²) in [7, 11) is 0. The lowest BCUT2D eigenvalue weighted by Gasteiger charge is -2.66. The number of carbonyl (C=O) groups is 1. The maximum absolute atomic E-state index is 12.2. The van der Waals surface area contributed by atoms with Crippen LogP contribution in [0.4, 0.5) is 0 Å². The van der Waals surface area contributed by atoms with Gasteiger partial charge in [-0.2, -0.15) is 0 Å². The maximum atomic E-state index is 12.2. The lowest BCUT2D eigenvalue weighted by Crippen LogP contribution is -2.66. The van der Waals surface area contributed by atoms with Gasteiger partial charge in [0, 0.05) is 11.5 Å². The van der Waals surface area contributed by atoms with Crippen molar-refractivity contribution in [1.29, 1.82) is 0 Å². The number of hydrogen-bond donors (Lipinski definition) is 1. The molecule has 0 radical (unpaired) electrons. The van der Waals surface area contributed by atoms with Crippen LogP contribution >= 0.6 is 0 Å². The zero-order valence-electron chi connectivity index (χ0n) is 13.7. The maximum Gasteiger partial charge on any atom is 0.333 e. The van der Waals surface area contributed by atoms with Gasteiger partial charge in [-0.1, -0.05) is 27.4 Å². The SMILES string of the molecule is C=C(C)C(=O)OC12CC3(C)CCC(C(O)C1C)C(C)(C3)C2. The van der Waals surface area contributed by atoms with Crippen LogP contribution < -0.4 is 0 Å². The molecule has 6 atom stereocenters. The molecular weight excluding hydrogens is 264 g/mol. The summed E-state index contributed by atoms with van der Waals surface area (Å²) in [6.45, 7) is 12.1. The molecule has 0 spiro atoms. The van der Waals surface area contributed by atoms with E-state index in [0.717, 1.165) is 32.1 Å². The molecule has 3 saturated carbocycles. The fourth-order valence-corrected chi connectivity index (χ4v) is 5.86. The van der Waals surface area contributed by atoms with Crippen LogP contribution in [0.15, 0.2) is 12.2 Å². The Morgan fingerprint density at radius 2 is 1.95 bits per heavy atom. The monoisotopic (exact) mass is 292 g/mol. The highest BCUT2D eigenvalue weighted by atomic mass is 16.6. The number of aliphatic hydroxyl groups is 1. The Hall–Kier alpha value is -0.830. The molecule has 3 fully saturated rings. The minimum Gasteiger partial charge on any atom is -0.455 e. The molecule has 3 aliphatic rings. The second-order valence-corrected chi connectivity index (χ2v) is 8.65. The van der Waals surface area contributed by atoms with Gasteiger partial charge in [0.15, 0.2) is 0 Å². The molecule has 0 saturated heterocycles. The molecule has 0 amide bonds. The van der Waals surface area contributed by atoms with Crippen molar-refractivity contribution in [2.75, 3.05) is 0 Å². The normalized spacial score (nSPS) is 51.6. The van der Waals surface area contributed by atoms with Gasteiger partial charge in [-0.15, -0.1) is 0 Å². The standard InChI is InChI=1S/C18H28O3/c1-11(2)15(20)21-18-9-16(4)7-6-13(14(19)12(18)3)17(5,8-16)10-18/h12-14,19H,1,6-10H2,2-5H3. The predicted molar refractivity (Wildman–Crippen MR) is 81.6 cm³/mol. The average molecular weight is 292 g/mol. The van der Waals surface area contributed by atoms with Crippen molar-refractivity contribution in [3.63, 3.8) is 0 Å². The Bertz CT molecular complexity index is 495. The zero-order chi connectivity index (χ0) is 15.6. The molecule has 3 rings (SSSR count). The third-order valence-electron chi connectivity index (χ3n) is 6.61. The first-order chi connectivity index (χ1) is 9.61. The van der Waals surface area contributed by atoms with Crippen LogP contribution in [0.1, 0.15) is 59.8 Å². The Labute approximate surface area is 127 Å². The molecule has 0 heterocycles. The molecule has 0 aromatic rings. The van der Waals surface area contributed by atoms with E-state index in [1.165, 1.54) is 0 Å². The topological polar surface area (TPSA) is 46.5 Å². The number of esters is 1. The summed E-state index contributed by atoms with van der Waals surface area (Å²) in [5, 5.41) is 10.8. The Morgan fingerprint density at radius 3 is 2.57 bits per heavy atom. The van der Waals surface area contributed by atoms with E-state index in [2.05, 4.69) is 27.4 Å². The van der Waals surface area contributed by atoms with Crippen molar-refractivity contribution in [2.24, 2.45) is 22.7 Å². The summed E-state index contributed by atoms with van der Waals surface area (Å²) in [5.41, 5.74) is 0.243. The van der Waals surface area contributed by atoms with Crippen molar-refractivity contribution < 1.29 is 14.6 Å². The summed E-state index contributed by atoms with van der Waals surface area (Å²) in [6, 6.07) is 0. The lowest BCUT2D eigenvalue weighted by atomic mass is 9.42. The van der Waals surface area contributed by atoms with Gasteiger partial charge < -0.3 is 9.84 Å². The van der Waals surface area contributed by atoms with Gasteiger partial charge in [0.2, 0.25) is 0 Å². The molecule has 1 N–H and O–H groups in total. The first-order valence-electron chi connectivity index (χ1n) is 8.18. The van der Waals surface area contributed by atoms with Gasteiger partial charge in [-0.25, -0.2) is 4.79 Å². The molecule has 0 aromatic carbocycles. The second-order valence-electron chi connectivity index (χ2n) is 8.65. The third kappa shape index (κ3) is 2.08. The summed E-state index contributed by atoms with van der Waals surface area (Å²) in [5.74, 6) is 0.0380. The molecule has 3 nitrogen and oxygen atoms in total. The zero-order valence-corrected chi connectivity index (χ0v) is 13.7.